The zero-order valence-corrected chi connectivity index (χ0v) is 9.94. The van der Waals surface area contributed by atoms with E-state index in [0.717, 1.165) is 18.0 Å². The number of rotatable bonds is 3. The Morgan fingerprint density at radius 3 is 2.47 bits per heavy atom. The quantitative estimate of drug-likeness (QED) is 0.798. The van der Waals surface area contributed by atoms with Gasteiger partial charge in [0.2, 0.25) is 0 Å². The number of hydrogen-bond acceptors (Lipinski definition) is 2. The molecule has 3 fully saturated rings. The standard InChI is InChI=1S/C14H18FNO/c15-13-3-1-11(2-4-13)10-17-14-9-16-7-5-12(14)6-8-16/h1-4,12,14H,5-10H2/t14-/m0/s1. The highest BCUT2D eigenvalue weighted by molar-refractivity contribution is 5.15. The molecule has 0 radical (unpaired) electrons. The van der Waals surface area contributed by atoms with Gasteiger partial charge < -0.3 is 9.64 Å². The molecule has 2 nitrogen and oxygen atoms in total. The fourth-order valence-corrected chi connectivity index (χ4v) is 2.88. The molecule has 1 aromatic carbocycles. The van der Waals surface area contributed by atoms with Gasteiger partial charge in [-0.25, -0.2) is 4.39 Å². The molecule has 1 aromatic rings. The second-order valence-corrected chi connectivity index (χ2v) is 5.11. The lowest BCUT2D eigenvalue weighted by atomic mass is 9.86. The summed E-state index contributed by atoms with van der Waals surface area (Å²) in [6.45, 7) is 4.16. The summed E-state index contributed by atoms with van der Waals surface area (Å²) < 4.78 is 18.7. The molecule has 3 saturated heterocycles. The minimum atomic E-state index is -0.184. The molecule has 3 heteroatoms. The first-order valence-corrected chi connectivity index (χ1v) is 6.40. The van der Waals surface area contributed by atoms with Gasteiger partial charge in [-0.3, -0.25) is 0 Å². The minimum Gasteiger partial charge on any atom is -0.372 e. The molecule has 0 N–H and O–H groups in total. The Bertz CT molecular complexity index is 370. The molecule has 0 saturated carbocycles. The third-order valence-corrected chi connectivity index (χ3v) is 3.97. The Morgan fingerprint density at radius 2 is 1.88 bits per heavy atom. The minimum absolute atomic E-state index is 0.184. The predicted octanol–water partition coefficient (Wildman–Crippen LogP) is 2.44. The topological polar surface area (TPSA) is 12.5 Å². The average molecular weight is 235 g/mol. The van der Waals surface area contributed by atoms with Gasteiger partial charge in [0.25, 0.3) is 0 Å². The lowest BCUT2D eigenvalue weighted by Crippen LogP contribution is -2.51. The normalized spacial score (nSPS) is 31.7. The summed E-state index contributed by atoms with van der Waals surface area (Å²) >= 11 is 0. The van der Waals surface area contributed by atoms with Crippen molar-refractivity contribution < 1.29 is 9.13 Å². The third-order valence-electron chi connectivity index (χ3n) is 3.97. The molecule has 3 heterocycles. The monoisotopic (exact) mass is 235 g/mol. The van der Waals surface area contributed by atoms with E-state index >= 15 is 0 Å². The van der Waals surface area contributed by atoms with E-state index in [1.165, 1.54) is 38.1 Å². The number of ether oxygens (including phenoxy) is 1. The second-order valence-electron chi connectivity index (χ2n) is 5.11. The van der Waals surface area contributed by atoms with Crippen LogP contribution in [0.1, 0.15) is 18.4 Å². The summed E-state index contributed by atoms with van der Waals surface area (Å²) in [5.74, 6) is 0.553. The highest BCUT2D eigenvalue weighted by Crippen LogP contribution is 2.29. The van der Waals surface area contributed by atoms with Crippen molar-refractivity contribution in [2.45, 2.75) is 25.6 Å². The lowest BCUT2D eigenvalue weighted by Gasteiger charge is -2.44. The van der Waals surface area contributed by atoms with Crippen LogP contribution in [0.2, 0.25) is 0 Å². The molecule has 0 aromatic heterocycles. The van der Waals surface area contributed by atoms with Gasteiger partial charge in [0, 0.05) is 6.54 Å². The fourth-order valence-electron chi connectivity index (χ4n) is 2.88. The molecule has 17 heavy (non-hydrogen) atoms. The highest BCUT2D eigenvalue weighted by Gasteiger charge is 2.34. The molecule has 0 spiro atoms. The van der Waals surface area contributed by atoms with Gasteiger partial charge in [0.1, 0.15) is 5.82 Å². The molecule has 0 aliphatic carbocycles. The van der Waals surface area contributed by atoms with E-state index in [-0.39, 0.29) is 5.82 Å². The van der Waals surface area contributed by atoms with Crippen molar-refractivity contribution in [2.24, 2.45) is 5.92 Å². The number of piperidine rings is 3. The van der Waals surface area contributed by atoms with Crippen LogP contribution in [0, 0.1) is 11.7 Å². The molecule has 0 unspecified atom stereocenters. The van der Waals surface area contributed by atoms with Gasteiger partial charge in [-0.05, 0) is 49.5 Å². The average Bonchev–Trinajstić information content (AvgIpc) is 2.39. The van der Waals surface area contributed by atoms with Crippen LogP contribution >= 0.6 is 0 Å². The van der Waals surface area contributed by atoms with Crippen LogP contribution in [0.5, 0.6) is 0 Å². The summed E-state index contributed by atoms with van der Waals surface area (Å²) in [4.78, 5) is 2.48. The van der Waals surface area contributed by atoms with Crippen molar-refractivity contribution in [1.29, 1.82) is 0 Å². The molecular weight excluding hydrogens is 217 g/mol. The predicted molar refractivity (Wildman–Crippen MR) is 64.1 cm³/mol. The first-order chi connectivity index (χ1) is 8.31. The molecule has 2 bridgehead atoms. The first kappa shape index (κ1) is 11.2. The zero-order valence-electron chi connectivity index (χ0n) is 9.94. The van der Waals surface area contributed by atoms with Crippen LogP contribution in [0.15, 0.2) is 24.3 Å². The largest absolute Gasteiger partial charge is 0.372 e. The van der Waals surface area contributed by atoms with Crippen LogP contribution < -0.4 is 0 Å². The summed E-state index contributed by atoms with van der Waals surface area (Å²) in [6, 6.07) is 6.60. The Morgan fingerprint density at radius 1 is 1.18 bits per heavy atom. The summed E-state index contributed by atoms with van der Waals surface area (Å²) in [7, 11) is 0. The molecule has 3 aliphatic rings. The van der Waals surface area contributed by atoms with E-state index in [2.05, 4.69) is 4.90 Å². The second kappa shape index (κ2) is 4.75. The molecule has 92 valence electrons. The van der Waals surface area contributed by atoms with Crippen LogP contribution in [-0.2, 0) is 11.3 Å². The number of fused-ring (bicyclic) bond motifs is 3. The van der Waals surface area contributed by atoms with Crippen LogP contribution in [0.3, 0.4) is 0 Å². The highest BCUT2D eigenvalue weighted by atomic mass is 19.1. The Balaban J connectivity index is 1.56. The maximum absolute atomic E-state index is 12.8. The van der Waals surface area contributed by atoms with Crippen molar-refractivity contribution in [1.82, 2.24) is 4.90 Å². The Labute approximate surface area is 101 Å². The Kier molecular flexibility index (Phi) is 3.12. The van der Waals surface area contributed by atoms with Crippen LogP contribution in [0.4, 0.5) is 4.39 Å². The van der Waals surface area contributed by atoms with Crippen LogP contribution in [-0.4, -0.2) is 30.6 Å². The summed E-state index contributed by atoms with van der Waals surface area (Å²) in [5, 5.41) is 0. The first-order valence-electron chi connectivity index (χ1n) is 6.40. The number of hydrogen-bond donors (Lipinski definition) is 0. The summed E-state index contributed by atoms with van der Waals surface area (Å²) in [5.41, 5.74) is 1.06. The van der Waals surface area contributed by atoms with E-state index in [9.17, 15) is 4.39 Å². The number of nitrogens with zero attached hydrogens (tertiary/aromatic N) is 1. The van der Waals surface area contributed by atoms with E-state index < -0.39 is 0 Å². The van der Waals surface area contributed by atoms with E-state index in [4.69, 9.17) is 4.74 Å². The lowest BCUT2D eigenvalue weighted by molar-refractivity contribution is -0.0765. The van der Waals surface area contributed by atoms with Crippen molar-refractivity contribution in [3.8, 4) is 0 Å². The van der Waals surface area contributed by atoms with Crippen molar-refractivity contribution >= 4 is 0 Å². The molecule has 1 atom stereocenters. The Hall–Kier alpha value is -0.930. The maximum atomic E-state index is 12.8. The van der Waals surface area contributed by atoms with E-state index in [1.54, 1.807) is 12.1 Å². The van der Waals surface area contributed by atoms with Gasteiger partial charge in [-0.2, -0.15) is 0 Å². The van der Waals surface area contributed by atoms with Crippen LogP contribution in [0.25, 0.3) is 0 Å². The number of benzene rings is 1. The SMILES string of the molecule is Fc1ccc(CO[C@H]2CN3CCC2CC3)cc1. The smallest absolute Gasteiger partial charge is 0.123 e. The van der Waals surface area contributed by atoms with Gasteiger partial charge >= 0.3 is 0 Å². The van der Waals surface area contributed by atoms with E-state index in [0.29, 0.717) is 12.7 Å². The summed E-state index contributed by atoms with van der Waals surface area (Å²) in [6.07, 6.45) is 2.92. The van der Waals surface area contributed by atoms with Gasteiger partial charge in [-0.1, -0.05) is 12.1 Å². The molecule has 3 aliphatic heterocycles. The van der Waals surface area contributed by atoms with E-state index in [1.807, 2.05) is 0 Å². The molecule has 0 amide bonds. The molecular formula is C14H18FNO. The fraction of sp³-hybridized carbons (Fsp3) is 0.571. The van der Waals surface area contributed by atoms with Gasteiger partial charge in [0.15, 0.2) is 0 Å². The van der Waals surface area contributed by atoms with Gasteiger partial charge in [-0.15, -0.1) is 0 Å². The van der Waals surface area contributed by atoms with Gasteiger partial charge in [0.05, 0.1) is 12.7 Å². The maximum Gasteiger partial charge on any atom is 0.123 e. The zero-order chi connectivity index (χ0) is 11.7. The van der Waals surface area contributed by atoms with Crippen molar-refractivity contribution in [3.05, 3.63) is 35.6 Å². The number of halogens is 1. The van der Waals surface area contributed by atoms with Crippen molar-refractivity contribution in [3.63, 3.8) is 0 Å². The molecule has 4 rings (SSSR count). The third kappa shape index (κ3) is 2.50. The van der Waals surface area contributed by atoms with Crippen molar-refractivity contribution in [2.75, 3.05) is 19.6 Å².